The first kappa shape index (κ1) is 16.5. The lowest BCUT2D eigenvalue weighted by Gasteiger charge is -2.15. The topological polar surface area (TPSA) is 112 Å². The van der Waals surface area contributed by atoms with Crippen molar-refractivity contribution in [2.24, 2.45) is 5.10 Å². The second-order valence-corrected chi connectivity index (χ2v) is 5.90. The van der Waals surface area contributed by atoms with Gasteiger partial charge in [-0.1, -0.05) is 20.8 Å². The number of phenolic OH excluding ortho intramolecular Hbond substituents is 1. The molecule has 0 unspecified atom stereocenters. The first-order valence-electron chi connectivity index (χ1n) is 6.95. The number of phenols is 1. The molecule has 0 fully saturated rings. The van der Waals surface area contributed by atoms with E-state index in [1.54, 1.807) is 12.1 Å². The standard InChI is InChI=1S/C15H19N5O3/c1-15(2,3)12-13(22)17-14(20-18-12)19-16-8-9-5-6-10(21)11(7-9)23-4/h5-8,21H,1-4H3,(H2,17,19,20,22)/b16-8-. The number of aromatic nitrogens is 3. The lowest BCUT2D eigenvalue weighted by molar-refractivity contribution is 0.373. The lowest BCUT2D eigenvalue weighted by atomic mass is 9.93. The molecule has 3 N–H and O–H groups in total. The van der Waals surface area contributed by atoms with Crippen LogP contribution in [-0.2, 0) is 5.41 Å². The Kier molecular flexibility index (Phi) is 4.63. The van der Waals surface area contributed by atoms with Crippen LogP contribution in [0.15, 0.2) is 28.1 Å². The van der Waals surface area contributed by atoms with Crippen LogP contribution in [0.4, 0.5) is 5.95 Å². The minimum atomic E-state index is -0.384. The van der Waals surface area contributed by atoms with Crippen molar-refractivity contribution in [2.75, 3.05) is 12.5 Å². The highest BCUT2D eigenvalue weighted by Crippen LogP contribution is 2.25. The summed E-state index contributed by atoms with van der Waals surface area (Å²) in [6.07, 6.45) is 1.50. The highest BCUT2D eigenvalue weighted by atomic mass is 16.5. The Morgan fingerprint density at radius 3 is 2.70 bits per heavy atom. The number of aromatic amines is 1. The first-order chi connectivity index (χ1) is 10.8. The fourth-order valence-corrected chi connectivity index (χ4v) is 1.82. The Morgan fingerprint density at radius 1 is 1.35 bits per heavy atom. The van der Waals surface area contributed by atoms with Crippen molar-refractivity contribution in [2.45, 2.75) is 26.2 Å². The SMILES string of the molecule is COc1cc(/C=N\Nc2nnc(C(C)(C)C)c(=O)[nH]2)ccc1O. The van der Waals surface area contributed by atoms with E-state index in [2.05, 4.69) is 25.7 Å². The van der Waals surface area contributed by atoms with Crippen LogP contribution in [0.2, 0.25) is 0 Å². The summed E-state index contributed by atoms with van der Waals surface area (Å²) in [7, 11) is 1.46. The van der Waals surface area contributed by atoms with Gasteiger partial charge in [-0.2, -0.15) is 5.10 Å². The molecule has 0 aliphatic carbocycles. The number of benzene rings is 1. The summed E-state index contributed by atoms with van der Waals surface area (Å²) in [6, 6.07) is 4.79. The Balaban J connectivity index is 2.12. The Hall–Kier alpha value is -2.90. The number of H-pyrrole nitrogens is 1. The summed E-state index contributed by atoms with van der Waals surface area (Å²) >= 11 is 0. The van der Waals surface area contributed by atoms with E-state index in [0.29, 0.717) is 17.0 Å². The van der Waals surface area contributed by atoms with Crippen LogP contribution < -0.4 is 15.7 Å². The molecular weight excluding hydrogens is 298 g/mol. The third-order valence-electron chi connectivity index (χ3n) is 3.00. The second-order valence-electron chi connectivity index (χ2n) is 5.90. The van der Waals surface area contributed by atoms with E-state index in [4.69, 9.17) is 4.74 Å². The molecule has 0 aliphatic heterocycles. The molecule has 8 nitrogen and oxygen atoms in total. The summed E-state index contributed by atoms with van der Waals surface area (Å²) in [4.78, 5) is 14.5. The molecule has 2 rings (SSSR count). The number of methoxy groups -OCH3 is 1. The van der Waals surface area contributed by atoms with Crippen LogP contribution >= 0.6 is 0 Å². The summed E-state index contributed by atoms with van der Waals surface area (Å²) in [5.74, 6) is 0.534. The molecule has 0 bridgehead atoms. The highest BCUT2D eigenvalue weighted by molar-refractivity contribution is 5.81. The van der Waals surface area contributed by atoms with Crippen molar-refractivity contribution in [1.82, 2.24) is 15.2 Å². The predicted octanol–water partition coefficient (Wildman–Crippen LogP) is 1.62. The van der Waals surface area contributed by atoms with Gasteiger partial charge in [0.05, 0.1) is 13.3 Å². The van der Waals surface area contributed by atoms with Gasteiger partial charge in [-0.05, 0) is 23.8 Å². The molecule has 0 aliphatic rings. The summed E-state index contributed by atoms with van der Waals surface area (Å²) in [6.45, 7) is 5.65. The van der Waals surface area contributed by atoms with Gasteiger partial charge in [0.1, 0.15) is 5.69 Å². The average molecular weight is 317 g/mol. The fourth-order valence-electron chi connectivity index (χ4n) is 1.82. The molecule has 1 aromatic heterocycles. The maximum Gasteiger partial charge on any atom is 0.274 e. The van der Waals surface area contributed by atoms with E-state index >= 15 is 0 Å². The average Bonchev–Trinajstić information content (AvgIpc) is 2.47. The second kappa shape index (κ2) is 6.47. The largest absolute Gasteiger partial charge is 0.504 e. The zero-order chi connectivity index (χ0) is 17.0. The molecule has 2 aromatic rings. The van der Waals surface area contributed by atoms with Crippen molar-refractivity contribution in [3.05, 3.63) is 39.8 Å². The minimum absolute atomic E-state index is 0.0468. The van der Waals surface area contributed by atoms with E-state index in [1.165, 1.54) is 19.4 Å². The monoisotopic (exact) mass is 317 g/mol. The molecular formula is C15H19N5O3. The van der Waals surface area contributed by atoms with Gasteiger partial charge >= 0.3 is 0 Å². The third-order valence-corrected chi connectivity index (χ3v) is 3.00. The van der Waals surface area contributed by atoms with Gasteiger partial charge < -0.3 is 9.84 Å². The molecule has 0 spiro atoms. The number of hydrogen-bond acceptors (Lipinski definition) is 7. The van der Waals surface area contributed by atoms with Crippen molar-refractivity contribution >= 4 is 12.2 Å². The number of aromatic hydroxyl groups is 1. The number of hydrazone groups is 1. The van der Waals surface area contributed by atoms with Gasteiger partial charge in [-0.15, -0.1) is 10.2 Å². The van der Waals surface area contributed by atoms with Crippen LogP contribution in [0, 0.1) is 0 Å². The van der Waals surface area contributed by atoms with E-state index in [1.807, 2.05) is 20.8 Å². The number of nitrogens with one attached hydrogen (secondary N) is 2. The molecule has 122 valence electrons. The Bertz CT molecular complexity index is 777. The molecule has 0 saturated carbocycles. The van der Waals surface area contributed by atoms with Crippen molar-refractivity contribution < 1.29 is 9.84 Å². The van der Waals surface area contributed by atoms with Gasteiger partial charge in [-0.25, -0.2) is 5.43 Å². The van der Waals surface area contributed by atoms with Crippen LogP contribution in [0.25, 0.3) is 0 Å². The van der Waals surface area contributed by atoms with Crippen molar-refractivity contribution in [1.29, 1.82) is 0 Å². The minimum Gasteiger partial charge on any atom is -0.504 e. The zero-order valence-corrected chi connectivity index (χ0v) is 13.4. The molecule has 0 saturated heterocycles. The number of ether oxygens (including phenoxy) is 1. The number of rotatable bonds is 4. The normalized spacial score (nSPS) is 11.7. The first-order valence-corrected chi connectivity index (χ1v) is 6.95. The van der Waals surface area contributed by atoms with E-state index < -0.39 is 0 Å². The molecule has 0 amide bonds. The van der Waals surface area contributed by atoms with Gasteiger partial charge in [0.2, 0.25) is 5.95 Å². The van der Waals surface area contributed by atoms with Gasteiger partial charge in [0.15, 0.2) is 11.5 Å². The third kappa shape index (κ3) is 4.06. The summed E-state index contributed by atoms with van der Waals surface area (Å²) in [5.41, 5.74) is 2.97. The summed E-state index contributed by atoms with van der Waals surface area (Å²) < 4.78 is 5.01. The Morgan fingerprint density at radius 2 is 2.09 bits per heavy atom. The number of hydrogen-bond donors (Lipinski definition) is 3. The molecule has 1 aromatic carbocycles. The quantitative estimate of drug-likeness (QED) is 0.583. The molecule has 23 heavy (non-hydrogen) atoms. The predicted molar refractivity (Wildman–Crippen MR) is 87.2 cm³/mol. The van der Waals surface area contributed by atoms with Crippen LogP contribution in [0.3, 0.4) is 0 Å². The van der Waals surface area contributed by atoms with Crippen LogP contribution in [0.1, 0.15) is 32.0 Å². The van der Waals surface area contributed by atoms with Crippen LogP contribution in [-0.4, -0.2) is 33.6 Å². The van der Waals surface area contributed by atoms with Crippen molar-refractivity contribution in [3.63, 3.8) is 0 Å². The van der Waals surface area contributed by atoms with Gasteiger partial charge in [-0.3, -0.25) is 9.78 Å². The number of nitrogens with zero attached hydrogens (tertiary/aromatic N) is 3. The van der Waals surface area contributed by atoms with E-state index in [-0.39, 0.29) is 22.7 Å². The molecule has 1 heterocycles. The van der Waals surface area contributed by atoms with Gasteiger partial charge in [0.25, 0.3) is 5.56 Å². The zero-order valence-electron chi connectivity index (χ0n) is 13.4. The molecule has 8 heteroatoms. The Labute approximate surface area is 133 Å². The maximum atomic E-state index is 11.9. The fraction of sp³-hybridized carbons (Fsp3) is 0.333. The highest BCUT2D eigenvalue weighted by Gasteiger charge is 2.20. The molecule has 0 atom stereocenters. The van der Waals surface area contributed by atoms with Crippen LogP contribution in [0.5, 0.6) is 11.5 Å². The van der Waals surface area contributed by atoms with E-state index in [0.717, 1.165) is 0 Å². The number of anilines is 1. The molecule has 0 radical (unpaired) electrons. The smallest absolute Gasteiger partial charge is 0.274 e. The van der Waals surface area contributed by atoms with E-state index in [9.17, 15) is 9.90 Å². The maximum absolute atomic E-state index is 11.9. The lowest BCUT2D eigenvalue weighted by Crippen LogP contribution is -2.28. The van der Waals surface area contributed by atoms with Crippen molar-refractivity contribution in [3.8, 4) is 11.5 Å². The summed E-state index contributed by atoms with van der Waals surface area (Å²) in [5, 5.41) is 21.3. The van der Waals surface area contributed by atoms with Gasteiger partial charge in [0, 0.05) is 5.41 Å².